The van der Waals surface area contributed by atoms with Crippen molar-refractivity contribution in [3.8, 4) is 17.1 Å². The number of halogens is 3. The van der Waals surface area contributed by atoms with Gasteiger partial charge >= 0.3 is 6.18 Å². The number of nitrogens with zero attached hydrogens (tertiary/aromatic N) is 7. The van der Waals surface area contributed by atoms with Crippen LogP contribution in [-0.2, 0) is 11.8 Å². The van der Waals surface area contributed by atoms with Crippen molar-refractivity contribution in [2.75, 3.05) is 42.1 Å². The van der Waals surface area contributed by atoms with Crippen LogP contribution >= 0.6 is 0 Å². The SMILES string of the molecule is Cc1cnc(Nc2cc(C)n(C)n2)nc1-c1c[nH]c2c(NC(=O)CN3CC[C@H](Oc4ccnc(NCC(F)(F)F)n4)C3)cccc12. The monoisotopic (exact) mass is 635 g/mol. The summed E-state index contributed by atoms with van der Waals surface area (Å²) in [6, 6.07) is 9.07. The minimum absolute atomic E-state index is 0.138. The second-order valence-electron chi connectivity index (χ2n) is 11.1. The van der Waals surface area contributed by atoms with Crippen LogP contribution in [0.3, 0.4) is 0 Å². The van der Waals surface area contributed by atoms with Gasteiger partial charge in [0.15, 0.2) is 5.82 Å². The van der Waals surface area contributed by atoms with Gasteiger partial charge in [0, 0.05) is 67.5 Å². The number of para-hydroxylation sites is 1. The smallest absolute Gasteiger partial charge is 0.405 e. The topological polar surface area (TPSA) is 151 Å². The third-order valence-corrected chi connectivity index (χ3v) is 7.53. The molecule has 1 aliphatic rings. The fourth-order valence-corrected chi connectivity index (χ4v) is 5.24. The number of aromatic nitrogens is 7. The van der Waals surface area contributed by atoms with Crippen molar-refractivity contribution >= 4 is 40.2 Å². The van der Waals surface area contributed by atoms with E-state index in [-0.39, 0.29) is 30.4 Å². The van der Waals surface area contributed by atoms with Gasteiger partial charge in [-0.1, -0.05) is 12.1 Å². The van der Waals surface area contributed by atoms with E-state index >= 15 is 0 Å². The molecule has 16 heteroatoms. The number of anilines is 4. The van der Waals surface area contributed by atoms with E-state index in [4.69, 9.17) is 9.72 Å². The number of benzene rings is 1. The number of H-pyrrole nitrogens is 1. The molecule has 1 amide bonds. The number of carbonyl (C=O) groups is 1. The van der Waals surface area contributed by atoms with Crippen molar-refractivity contribution < 1.29 is 22.7 Å². The number of rotatable bonds is 10. The highest BCUT2D eigenvalue weighted by Gasteiger charge is 2.28. The molecule has 0 aliphatic carbocycles. The maximum atomic E-state index is 13.1. The third-order valence-electron chi connectivity index (χ3n) is 7.53. The molecule has 5 aromatic rings. The standard InChI is InChI=1S/C30H32F3N11O2/c1-17-12-36-29(39-23-11-18(2)43(3)42-23)41-26(17)21-13-35-27-20(21)5-4-6-22(27)38-24(45)15-44-10-8-19(14-44)46-25-7-9-34-28(40-25)37-16-30(31,32)33/h4-7,9,11-13,19,35H,8,10,14-16H2,1-3H3,(H,38,45)(H,34,37,40)(H,36,39,41,42)/t19-/m0/s1. The number of carbonyl (C=O) groups excluding carboxylic acids is 1. The predicted molar refractivity (Wildman–Crippen MR) is 166 cm³/mol. The quantitative estimate of drug-likeness (QED) is 0.172. The molecule has 5 heterocycles. The van der Waals surface area contributed by atoms with E-state index in [1.54, 1.807) is 10.9 Å². The van der Waals surface area contributed by atoms with E-state index in [9.17, 15) is 18.0 Å². The van der Waals surface area contributed by atoms with Gasteiger partial charge in [-0.25, -0.2) is 15.0 Å². The summed E-state index contributed by atoms with van der Waals surface area (Å²) in [5, 5.41) is 13.6. The number of ether oxygens (including phenoxy) is 1. The zero-order valence-electron chi connectivity index (χ0n) is 25.3. The summed E-state index contributed by atoms with van der Waals surface area (Å²) < 4.78 is 45.1. The lowest BCUT2D eigenvalue weighted by Gasteiger charge is -2.17. The lowest BCUT2D eigenvalue weighted by molar-refractivity contribution is -0.117. The first kappa shape index (κ1) is 30.8. The van der Waals surface area contributed by atoms with Crippen molar-refractivity contribution in [3.05, 3.63) is 60.2 Å². The number of amides is 1. The molecule has 1 atom stereocenters. The van der Waals surface area contributed by atoms with Gasteiger partial charge in [-0.3, -0.25) is 14.4 Å². The first-order chi connectivity index (χ1) is 22.0. The van der Waals surface area contributed by atoms with Crippen LogP contribution in [0.25, 0.3) is 22.2 Å². The number of aryl methyl sites for hydroxylation is 3. The van der Waals surface area contributed by atoms with Crippen molar-refractivity contribution in [1.82, 2.24) is 39.6 Å². The first-order valence-electron chi connectivity index (χ1n) is 14.5. The molecule has 0 bridgehead atoms. The largest absolute Gasteiger partial charge is 0.473 e. The van der Waals surface area contributed by atoms with Gasteiger partial charge in [-0.15, -0.1) is 0 Å². The predicted octanol–water partition coefficient (Wildman–Crippen LogP) is 4.57. The third kappa shape index (κ3) is 7.17. The van der Waals surface area contributed by atoms with Gasteiger partial charge in [0.2, 0.25) is 23.7 Å². The van der Waals surface area contributed by atoms with Crippen LogP contribution in [0.5, 0.6) is 5.88 Å². The fourth-order valence-electron chi connectivity index (χ4n) is 5.24. The highest BCUT2D eigenvalue weighted by atomic mass is 19.4. The van der Waals surface area contributed by atoms with Crippen LogP contribution in [0.2, 0.25) is 0 Å². The van der Waals surface area contributed by atoms with Crippen LogP contribution in [0.1, 0.15) is 17.7 Å². The van der Waals surface area contributed by atoms with Crippen molar-refractivity contribution in [2.45, 2.75) is 32.5 Å². The van der Waals surface area contributed by atoms with Gasteiger partial charge in [-0.05, 0) is 31.9 Å². The molecule has 1 fully saturated rings. The number of hydrogen-bond donors (Lipinski definition) is 4. The Morgan fingerprint density at radius 2 is 2.00 bits per heavy atom. The van der Waals surface area contributed by atoms with E-state index in [0.717, 1.165) is 33.4 Å². The van der Waals surface area contributed by atoms with Gasteiger partial charge in [0.1, 0.15) is 12.6 Å². The summed E-state index contributed by atoms with van der Waals surface area (Å²) in [6.45, 7) is 3.87. The van der Waals surface area contributed by atoms with E-state index in [1.165, 1.54) is 12.3 Å². The summed E-state index contributed by atoms with van der Waals surface area (Å²) in [4.78, 5) is 35.3. The number of nitrogens with one attached hydrogen (secondary N) is 4. The molecule has 0 unspecified atom stereocenters. The van der Waals surface area contributed by atoms with Crippen LogP contribution in [0, 0.1) is 13.8 Å². The molecule has 0 saturated carbocycles. The Hall–Kier alpha value is -5.25. The molecule has 13 nitrogen and oxygen atoms in total. The number of likely N-dealkylation sites (tertiary alicyclic amines) is 1. The van der Waals surface area contributed by atoms with Gasteiger partial charge in [-0.2, -0.15) is 23.3 Å². The van der Waals surface area contributed by atoms with Crippen molar-refractivity contribution in [2.24, 2.45) is 7.05 Å². The number of aromatic amines is 1. The van der Waals surface area contributed by atoms with E-state index in [2.05, 4.69) is 41.0 Å². The van der Waals surface area contributed by atoms with Crippen molar-refractivity contribution in [1.29, 1.82) is 0 Å². The summed E-state index contributed by atoms with van der Waals surface area (Å²) in [5.74, 6) is 0.870. The molecule has 1 aliphatic heterocycles. The van der Waals surface area contributed by atoms with Crippen LogP contribution in [0.4, 0.5) is 36.6 Å². The Labute approximate surface area is 261 Å². The number of fused-ring (bicyclic) bond motifs is 1. The molecule has 4 N–H and O–H groups in total. The zero-order valence-corrected chi connectivity index (χ0v) is 25.3. The Morgan fingerprint density at radius 3 is 2.78 bits per heavy atom. The normalized spacial score (nSPS) is 15.3. The Bertz CT molecular complexity index is 1850. The molecule has 1 saturated heterocycles. The highest BCUT2D eigenvalue weighted by Crippen LogP contribution is 2.33. The average Bonchev–Trinajstić information content (AvgIpc) is 3.72. The highest BCUT2D eigenvalue weighted by molar-refractivity contribution is 6.06. The Morgan fingerprint density at radius 1 is 1.15 bits per heavy atom. The van der Waals surface area contributed by atoms with Gasteiger partial charge in [0.05, 0.1) is 23.4 Å². The Kier molecular flexibility index (Phi) is 8.44. The first-order valence-corrected chi connectivity index (χ1v) is 14.5. The fraction of sp³-hybridized carbons (Fsp3) is 0.333. The minimum Gasteiger partial charge on any atom is -0.473 e. The van der Waals surface area contributed by atoms with E-state index < -0.39 is 12.7 Å². The van der Waals surface area contributed by atoms with E-state index in [1.807, 2.05) is 56.3 Å². The summed E-state index contributed by atoms with van der Waals surface area (Å²) >= 11 is 0. The number of hydrogen-bond acceptors (Lipinski definition) is 10. The second-order valence-corrected chi connectivity index (χ2v) is 11.1. The minimum atomic E-state index is -4.39. The molecule has 0 spiro atoms. The molecular weight excluding hydrogens is 603 g/mol. The molecule has 46 heavy (non-hydrogen) atoms. The van der Waals surface area contributed by atoms with Crippen LogP contribution < -0.4 is 20.7 Å². The lowest BCUT2D eigenvalue weighted by atomic mass is 10.1. The van der Waals surface area contributed by atoms with Crippen LogP contribution in [-0.4, -0.2) is 84.0 Å². The van der Waals surface area contributed by atoms with Crippen LogP contribution in [0.15, 0.2) is 48.9 Å². The van der Waals surface area contributed by atoms with Gasteiger partial charge < -0.3 is 25.7 Å². The van der Waals surface area contributed by atoms with Crippen molar-refractivity contribution in [3.63, 3.8) is 0 Å². The molecule has 4 aromatic heterocycles. The summed E-state index contributed by atoms with van der Waals surface area (Å²) in [6.07, 6.45) is 0.923. The number of alkyl halides is 3. The molecule has 1 aromatic carbocycles. The summed E-state index contributed by atoms with van der Waals surface area (Å²) in [7, 11) is 1.87. The molecule has 240 valence electrons. The summed E-state index contributed by atoms with van der Waals surface area (Å²) in [5.41, 5.74) is 4.90. The lowest BCUT2D eigenvalue weighted by Crippen LogP contribution is -2.33. The Balaban J connectivity index is 1.08. The maximum absolute atomic E-state index is 13.1. The van der Waals surface area contributed by atoms with E-state index in [0.29, 0.717) is 37.0 Å². The second kappa shape index (κ2) is 12.6. The zero-order chi connectivity index (χ0) is 32.4. The molecular formula is C30H32F3N11O2. The average molecular weight is 636 g/mol. The van der Waals surface area contributed by atoms with Gasteiger partial charge in [0.25, 0.3) is 0 Å². The maximum Gasteiger partial charge on any atom is 0.405 e. The molecule has 0 radical (unpaired) electrons. The molecule has 6 rings (SSSR count).